The van der Waals surface area contributed by atoms with E-state index in [-0.39, 0.29) is 17.1 Å². The number of ether oxygens (including phenoxy) is 2. The van der Waals surface area contributed by atoms with Crippen LogP contribution in [0.15, 0.2) is 40.9 Å². The highest BCUT2D eigenvalue weighted by Gasteiger charge is 2.26. The van der Waals surface area contributed by atoms with Crippen molar-refractivity contribution in [2.45, 2.75) is 6.92 Å². The number of anilines is 2. The van der Waals surface area contributed by atoms with Gasteiger partial charge in [-0.3, -0.25) is 0 Å². The molecule has 8 heteroatoms. The summed E-state index contributed by atoms with van der Waals surface area (Å²) < 4.78 is 28.7. The predicted octanol–water partition coefficient (Wildman–Crippen LogP) is 4.98. The van der Waals surface area contributed by atoms with Gasteiger partial charge in [0.1, 0.15) is 17.3 Å². The normalized spacial score (nSPS) is 10.6. The maximum Gasteiger partial charge on any atom is 0.345 e. The number of nitrogens with one attached hydrogen (secondary N) is 1. The Hall–Kier alpha value is -3.06. The highest BCUT2D eigenvalue weighted by atomic mass is 35.5. The zero-order chi connectivity index (χ0) is 19.6. The fraction of sp³-hybridized carbons (Fsp3) is 0.158. The van der Waals surface area contributed by atoms with E-state index in [9.17, 15) is 9.18 Å². The molecule has 3 rings (SSSR count). The summed E-state index contributed by atoms with van der Waals surface area (Å²) in [4.78, 5) is 12.3. The molecule has 2 aromatic carbocycles. The zero-order valence-corrected chi connectivity index (χ0v) is 15.6. The van der Waals surface area contributed by atoms with Crippen LogP contribution in [-0.4, -0.2) is 25.3 Å². The number of carbonyl (C=O) groups is 1. The Balaban J connectivity index is 2.08. The van der Waals surface area contributed by atoms with Gasteiger partial charge < -0.3 is 19.3 Å². The topological polar surface area (TPSA) is 73.6 Å². The molecular weight excluding hydrogens is 375 g/mol. The van der Waals surface area contributed by atoms with Gasteiger partial charge in [-0.2, -0.15) is 0 Å². The number of nitrogens with zero attached hydrogens (tertiary/aromatic N) is 1. The van der Waals surface area contributed by atoms with Crippen LogP contribution in [0.25, 0.3) is 11.3 Å². The standard InChI is InChI=1S/C19H16ClFN2O4/c1-10-8-14(15(25-2)9-13(10)20)22-18-16(19(24)26-3)17(23-27-18)11-4-6-12(21)7-5-11/h4-9,22H,1-3H3. The molecule has 6 nitrogen and oxygen atoms in total. The lowest BCUT2D eigenvalue weighted by molar-refractivity contribution is 0.0602. The van der Waals surface area contributed by atoms with E-state index in [0.29, 0.717) is 22.0 Å². The Kier molecular flexibility index (Phi) is 5.32. The molecule has 27 heavy (non-hydrogen) atoms. The number of hydrogen-bond acceptors (Lipinski definition) is 6. The van der Waals surface area contributed by atoms with E-state index < -0.39 is 11.8 Å². The molecule has 3 aromatic rings. The van der Waals surface area contributed by atoms with Crippen molar-refractivity contribution in [2.75, 3.05) is 19.5 Å². The van der Waals surface area contributed by atoms with E-state index in [2.05, 4.69) is 10.5 Å². The molecule has 0 saturated heterocycles. The zero-order valence-electron chi connectivity index (χ0n) is 14.8. The van der Waals surface area contributed by atoms with Crippen molar-refractivity contribution in [2.24, 2.45) is 0 Å². The van der Waals surface area contributed by atoms with Crippen LogP contribution in [0, 0.1) is 12.7 Å². The van der Waals surface area contributed by atoms with Crippen molar-refractivity contribution in [3.05, 3.63) is 58.4 Å². The average Bonchev–Trinajstić information content (AvgIpc) is 3.08. The first-order valence-electron chi connectivity index (χ1n) is 7.89. The quantitative estimate of drug-likeness (QED) is 0.619. The van der Waals surface area contributed by atoms with E-state index in [0.717, 1.165) is 5.56 Å². The van der Waals surface area contributed by atoms with Gasteiger partial charge in [-0.25, -0.2) is 9.18 Å². The van der Waals surface area contributed by atoms with Gasteiger partial charge in [-0.1, -0.05) is 16.8 Å². The van der Waals surface area contributed by atoms with Crippen molar-refractivity contribution in [3.8, 4) is 17.0 Å². The number of methoxy groups -OCH3 is 2. The first-order valence-corrected chi connectivity index (χ1v) is 8.27. The lowest BCUT2D eigenvalue weighted by Gasteiger charge is -2.12. The Labute approximate surface area is 159 Å². The molecule has 1 N–H and O–H groups in total. The second kappa shape index (κ2) is 7.67. The summed E-state index contributed by atoms with van der Waals surface area (Å²) in [6.45, 7) is 1.83. The molecule has 0 aliphatic heterocycles. The highest BCUT2D eigenvalue weighted by Crippen LogP contribution is 2.36. The second-order valence-corrected chi connectivity index (χ2v) is 6.07. The smallest absolute Gasteiger partial charge is 0.345 e. The van der Waals surface area contributed by atoms with Gasteiger partial charge in [0.15, 0.2) is 5.56 Å². The maximum atomic E-state index is 13.2. The van der Waals surface area contributed by atoms with Crippen LogP contribution in [0.3, 0.4) is 0 Å². The molecule has 140 valence electrons. The summed E-state index contributed by atoms with van der Waals surface area (Å²) >= 11 is 6.12. The van der Waals surface area contributed by atoms with Gasteiger partial charge in [0.25, 0.3) is 0 Å². The van der Waals surface area contributed by atoms with Crippen LogP contribution in [0.4, 0.5) is 16.0 Å². The van der Waals surface area contributed by atoms with E-state index in [1.807, 2.05) is 6.92 Å². The SMILES string of the molecule is COC(=O)c1c(-c2ccc(F)cc2)noc1Nc1cc(C)c(Cl)cc1OC. The first kappa shape index (κ1) is 18.7. The largest absolute Gasteiger partial charge is 0.495 e. The number of benzene rings is 2. The number of esters is 1. The number of carbonyl (C=O) groups excluding carboxylic acids is 1. The molecule has 0 radical (unpaired) electrons. The summed E-state index contributed by atoms with van der Waals surface area (Å²) in [6, 6.07) is 8.93. The van der Waals surface area contributed by atoms with Crippen LogP contribution in [0.1, 0.15) is 15.9 Å². The third kappa shape index (κ3) is 3.73. The van der Waals surface area contributed by atoms with E-state index >= 15 is 0 Å². The van der Waals surface area contributed by atoms with E-state index in [4.69, 9.17) is 25.6 Å². The third-order valence-corrected chi connectivity index (χ3v) is 4.34. The first-order chi connectivity index (χ1) is 12.9. The molecule has 0 bridgehead atoms. The monoisotopic (exact) mass is 390 g/mol. The fourth-order valence-electron chi connectivity index (χ4n) is 2.52. The Bertz CT molecular complexity index is 986. The molecule has 0 amide bonds. The molecule has 0 fully saturated rings. The van der Waals surface area contributed by atoms with Crippen LogP contribution in [-0.2, 0) is 4.74 Å². The van der Waals surface area contributed by atoms with Gasteiger partial charge in [0.2, 0.25) is 5.88 Å². The second-order valence-electron chi connectivity index (χ2n) is 5.66. The lowest BCUT2D eigenvalue weighted by atomic mass is 10.1. The molecule has 1 heterocycles. The summed E-state index contributed by atoms with van der Waals surface area (Å²) in [7, 11) is 2.75. The number of aryl methyl sites for hydroxylation is 1. The number of aromatic nitrogens is 1. The predicted molar refractivity (Wildman–Crippen MR) is 99.3 cm³/mol. The molecular formula is C19H16ClFN2O4. The van der Waals surface area contributed by atoms with Gasteiger partial charge in [-0.05, 0) is 42.8 Å². The Morgan fingerprint density at radius 1 is 1.22 bits per heavy atom. The summed E-state index contributed by atoms with van der Waals surface area (Å²) in [5.74, 6) is -0.522. The third-order valence-electron chi connectivity index (χ3n) is 3.93. The van der Waals surface area contributed by atoms with Gasteiger partial charge in [-0.15, -0.1) is 0 Å². The number of rotatable bonds is 5. The maximum absolute atomic E-state index is 13.2. The molecule has 0 atom stereocenters. The van der Waals surface area contributed by atoms with E-state index in [1.165, 1.54) is 38.5 Å². The summed E-state index contributed by atoms with van der Waals surface area (Å²) in [6.07, 6.45) is 0. The van der Waals surface area contributed by atoms with Crippen molar-refractivity contribution in [3.63, 3.8) is 0 Å². The minimum atomic E-state index is -0.650. The van der Waals surface area contributed by atoms with E-state index in [1.54, 1.807) is 12.1 Å². The molecule has 0 aliphatic rings. The molecule has 0 saturated carbocycles. The van der Waals surface area contributed by atoms with Crippen molar-refractivity contribution in [1.82, 2.24) is 5.16 Å². The number of hydrogen-bond donors (Lipinski definition) is 1. The average molecular weight is 391 g/mol. The van der Waals surface area contributed by atoms with Crippen molar-refractivity contribution >= 4 is 29.1 Å². The molecule has 0 spiro atoms. The van der Waals surface area contributed by atoms with Crippen LogP contribution in [0.2, 0.25) is 5.02 Å². The van der Waals surface area contributed by atoms with Crippen LogP contribution >= 0.6 is 11.6 Å². The summed E-state index contributed by atoms with van der Waals surface area (Å²) in [5.41, 5.74) is 2.16. The molecule has 0 unspecified atom stereocenters. The van der Waals surface area contributed by atoms with Gasteiger partial charge >= 0.3 is 5.97 Å². The van der Waals surface area contributed by atoms with Crippen LogP contribution in [0.5, 0.6) is 5.75 Å². The fourth-order valence-corrected chi connectivity index (χ4v) is 2.68. The van der Waals surface area contributed by atoms with Crippen molar-refractivity contribution < 1.29 is 23.2 Å². The number of halogens is 2. The van der Waals surface area contributed by atoms with Crippen molar-refractivity contribution in [1.29, 1.82) is 0 Å². The minimum Gasteiger partial charge on any atom is -0.495 e. The lowest BCUT2D eigenvalue weighted by Crippen LogP contribution is -2.06. The Morgan fingerprint density at radius 2 is 1.93 bits per heavy atom. The minimum absolute atomic E-state index is 0.0706. The van der Waals surface area contributed by atoms with Gasteiger partial charge in [0, 0.05) is 16.7 Å². The summed E-state index contributed by atoms with van der Waals surface area (Å²) in [5, 5.41) is 7.48. The Morgan fingerprint density at radius 3 is 2.56 bits per heavy atom. The van der Waals surface area contributed by atoms with Gasteiger partial charge in [0.05, 0.1) is 19.9 Å². The highest BCUT2D eigenvalue weighted by molar-refractivity contribution is 6.31. The molecule has 0 aliphatic carbocycles. The van der Waals surface area contributed by atoms with Crippen LogP contribution < -0.4 is 10.1 Å². The molecule has 1 aromatic heterocycles.